The van der Waals surface area contributed by atoms with E-state index in [1.54, 1.807) is 11.3 Å². The average Bonchev–Trinajstić information content (AvgIpc) is 2.83. The second-order valence-electron chi connectivity index (χ2n) is 5.07. The molecule has 5 heteroatoms. The highest BCUT2D eigenvalue weighted by molar-refractivity contribution is 7.12. The van der Waals surface area contributed by atoms with Crippen molar-refractivity contribution in [2.75, 3.05) is 0 Å². The Bertz CT molecular complexity index is 429. The number of amides is 2. The molecule has 0 radical (unpaired) electrons. The summed E-state index contributed by atoms with van der Waals surface area (Å²) in [5.41, 5.74) is 10.2. The van der Waals surface area contributed by atoms with E-state index in [1.165, 1.54) is 22.6 Å². The molecule has 20 heavy (non-hydrogen) atoms. The molecule has 0 bridgehead atoms. The minimum atomic E-state index is -0.240. The quantitative estimate of drug-likeness (QED) is 0.615. The molecule has 0 saturated carbocycles. The van der Waals surface area contributed by atoms with Crippen LogP contribution in [-0.2, 0) is 22.4 Å². The largest absolute Gasteiger partial charge is 0.370 e. The zero-order chi connectivity index (χ0) is 14.8. The minimum absolute atomic E-state index is 0.202. The van der Waals surface area contributed by atoms with Gasteiger partial charge in [0, 0.05) is 22.6 Å². The van der Waals surface area contributed by atoms with E-state index >= 15 is 0 Å². The maximum atomic E-state index is 10.7. The number of thiophene rings is 1. The van der Waals surface area contributed by atoms with Crippen LogP contribution < -0.4 is 11.5 Å². The van der Waals surface area contributed by atoms with Crippen molar-refractivity contribution in [1.82, 2.24) is 0 Å². The number of hydrogen-bond acceptors (Lipinski definition) is 3. The molecule has 1 heterocycles. The van der Waals surface area contributed by atoms with E-state index in [1.807, 2.05) is 0 Å². The lowest BCUT2D eigenvalue weighted by atomic mass is 10.1. The Kier molecular flexibility index (Phi) is 7.95. The third-order valence-electron chi connectivity index (χ3n) is 3.18. The van der Waals surface area contributed by atoms with Crippen molar-refractivity contribution in [3.05, 3.63) is 21.9 Å². The van der Waals surface area contributed by atoms with Crippen molar-refractivity contribution in [2.24, 2.45) is 11.5 Å². The van der Waals surface area contributed by atoms with Crippen LogP contribution in [0.3, 0.4) is 0 Å². The Morgan fingerprint density at radius 3 is 2.00 bits per heavy atom. The first-order valence-corrected chi connectivity index (χ1v) is 8.04. The molecule has 0 aliphatic carbocycles. The summed E-state index contributed by atoms with van der Waals surface area (Å²) in [5, 5.41) is 0. The summed E-state index contributed by atoms with van der Waals surface area (Å²) < 4.78 is 0. The van der Waals surface area contributed by atoms with Crippen LogP contribution in [0.25, 0.3) is 0 Å². The van der Waals surface area contributed by atoms with Crippen molar-refractivity contribution >= 4 is 23.2 Å². The molecule has 1 aromatic heterocycles. The van der Waals surface area contributed by atoms with E-state index in [9.17, 15) is 9.59 Å². The molecule has 0 aliphatic heterocycles. The summed E-state index contributed by atoms with van der Waals surface area (Å²) in [5.74, 6) is -0.442. The summed E-state index contributed by atoms with van der Waals surface area (Å²) in [6.45, 7) is 0. The van der Waals surface area contributed by atoms with Crippen molar-refractivity contribution in [2.45, 2.75) is 57.8 Å². The molecule has 2 amide bonds. The normalized spacial score (nSPS) is 10.6. The first-order valence-electron chi connectivity index (χ1n) is 7.22. The van der Waals surface area contributed by atoms with Gasteiger partial charge in [-0.3, -0.25) is 9.59 Å². The monoisotopic (exact) mass is 296 g/mol. The molecule has 0 aromatic carbocycles. The van der Waals surface area contributed by atoms with E-state index in [2.05, 4.69) is 12.1 Å². The second kappa shape index (κ2) is 9.53. The predicted octanol–water partition coefficient (Wildman–Crippen LogP) is 2.53. The van der Waals surface area contributed by atoms with Crippen LogP contribution in [0.15, 0.2) is 12.1 Å². The summed E-state index contributed by atoms with van der Waals surface area (Å²) in [6.07, 6.45) is 8.30. The van der Waals surface area contributed by atoms with Crippen LogP contribution in [-0.4, -0.2) is 11.8 Å². The average molecular weight is 296 g/mol. The number of unbranched alkanes of at least 4 members (excludes halogenated alkanes) is 4. The number of nitrogens with two attached hydrogens (primary N) is 2. The Labute approximate surface area is 124 Å². The zero-order valence-corrected chi connectivity index (χ0v) is 12.7. The highest BCUT2D eigenvalue weighted by atomic mass is 32.1. The highest BCUT2D eigenvalue weighted by Crippen LogP contribution is 2.20. The molecule has 1 rings (SSSR count). The fraction of sp³-hybridized carbons (Fsp3) is 0.600. The van der Waals surface area contributed by atoms with Gasteiger partial charge in [0.05, 0.1) is 0 Å². The number of hydrogen-bond donors (Lipinski definition) is 2. The molecule has 0 spiro atoms. The van der Waals surface area contributed by atoms with Crippen molar-refractivity contribution in [1.29, 1.82) is 0 Å². The number of rotatable bonds is 11. The van der Waals surface area contributed by atoms with Gasteiger partial charge in [-0.15, -0.1) is 11.3 Å². The first-order chi connectivity index (χ1) is 9.58. The summed E-state index contributed by atoms with van der Waals surface area (Å²) in [7, 11) is 0. The Morgan fingerprint density at radius 2 is 1.35 bits per heavy atom. The van der Waals surface area contributed by atoms with Gasteiger partial charge in [0.25, 0.3) is 0 Å². The maximum Gasteiger partial charge on any atom is 0.217 e. The second-order valence-corrected chi connectivity index (χ2v) is 6.32. The fourth-order valence-electron chi connectivity index (χ4n) is 2.07. The SMILES string of the molecule is NC(=O)CCCCCCCc1ccc(CCC(N)=O)s1. The molecule has 0 saturated heterocycles. The summed E-state index contributed by atoms with van der Waals surface area (Å²) in [4.78, 5) is 23.9. The zero-order valence-electron chi connectivity index (χ0n) is 11.9. The molecule has 4 nitrogen and oxygen atoms in total. The molecule has 4 N–H and O–H groups in total. The van der Waals surface area contributed by atoms with Crippen molar-refractivity contribution < 1.29 is 9.59 Å². The van der Waals surface area contributed by atoms with E-state index in [-0.39, 0.29) is 11.8 Å². The van der Waals surface area contributed by atoms with Gasteiger partial charge in [0.2, 0.25) is 11.8 Å². The van der Waals surface area contributed by atoms with E-state index in [4.69, 9.17) is 11.5 Å². The Morgan fingerprint density at radius 1 is 0.800 bits per heavy atom. The van der Waals surface area contributed by atoms with Gasteiger partial charge in [-0.2, -0.15) is 0 Å². The van der Waals surface area contributed by atoms with Gasteiger partial charge in [-0.05, 0) is 37.8 Å². The third kappa shape index (κ3) is 7.94. The topological polar surface area (TPSA) is 86.2 Å². The van der Waals surface area contributed by atoms with Crippen molar-refractivity contribution in [3.8, 4) is 0 Å². The van der Waals surface area contributed by atoms with Gasteiger partial charge in [-0.25, -0.2) is 0 Å². The highest BCUT2D eigenvalue weighted by Gasteiger charge is 2.02. The van der Waals surface area contributed by atoms with Gasteiger partial charge in [0.15, 0.2) is 0 Å². The van der Waals surface area contributed by atoms with Crippen LogP contribution in [0.1, 0.15) is 54.7 Å². The minimum Gasteiger partial charge on any atom is -0.370 e. The van der Waals surface area contributed by atoms with Crippen LogP contribution >= 0.6 is 11.3 Å². The molecular weight excluding hydrogens is 272 g/mol. The molecule has 0 aliphatic rings. The molecule has 0 unspecified atom stereocenters. The van der Waals surface area contributed by atoms with Gasteiger partial charge in [0.1, 0.15) is 0 Å². The van der Waals surface area contributed by atoms with Crippen LogP contribution in [0, 0.1) is 0 Å². The van der Waals surface area contributed by atoms with Crippen LogP contribution in [0.2, 0.25) is 0 Å². The van der Waals surface area contributed by atoms with Crippen molar-refractivity contribution in [3.63, 3.8) is 0 Å². The van der Waals surface area contributed by atoms with Gasteiger partial charge >= 0.3 is 0 Å². The standard InChI is InChI=1S/C15H24N2O2S/c16-14(18)7-5-3-1-2-4-6-12-8-9-13(20-12)10-11-15(17)19/h8-9H,1-7,10-11H2,(H2,16,18)(H2,17,19). The van der Waals surface area contributed by atoms with Gasteiger partial charge in [-0.1, -0.05) is 19.3 Å². The lowest BCUT2D eigenvalue weighted by Crippen LogP contribution is -2.10. The Balaban J connectivity index is 2.07. The van der Waals surface area contributed by atoms with Crippen LogP contribution in [0.4, 0.5) is 0 Å². The molecular formula is C15H24N2O2S. The number of carbonyl (C=O) groups excluding carboxylic acids is 2. The number of carbonyl (C=O) groups is 2. The lowest BCUT2D eigenvalue weighted by Gasteiger charge is -2.00. The summed E-state index contributed by atoms with van der Waals surface area (Å²) >= 11 is 1.78. The lowest BCUT2D eigenvalue weighted by molar-refractivity contribution is -0.118. The smallest absolute Gasteiger partial charge is 0.217 e. The molecule has 112 valence electrons. The van der Waals surface area contributed by atoms with Gasteiger partial charge < -0.3 is 11.5 Å². The van der Waals surface area contributed by atoms with E-state index in [0.717, 1.165) is 32.1 Å². The molecule has 0 fully saturated rings. The maximum absolute atomic E-state index is 10.7. The molecule has 0 atom stereocenters. The first kappa shape index (κ1) is 16.7. The van der Waals surface area contributed by atoms with Crippen LogP contribution in [0.5, 0.6) is 0 Å². The van der Waals surface area contributed by atoms with E-state index in [0.29, 0.717) is 12.8 Å². The Hall–Kier alpha value is -1.36. The number of primary amides is 2. The molecule has 1 aromatic rings. The predicted molar refractivity (Wildman–Crippen MR) is 82.4 cm³/mol. The number of aryl methyl sites for hydroxylation is 2. The third-order valence-corrected chi connectivity index (χ3v) is 4.39. The summed E-state index contributed by atoms with van der Waals surface area (Å²) in [6, 6.07) is 4.24. The van der Waals surface area contributed by atoms with E-state index < -0.39 is 0 Å². The fourth-order valence-corrected chi connectivity index (χ4v) is 3.13.